The Bertz CT molecular complexity index is 1620. The number of aliphatic hydroxyl groups is 1. The van der Waals surface area contributed by atoms with E-state index in [0.29, 0.717) is 40.1 Å². The summed E-state index contributed by atoms with van der Waals surface area (Å²) in [5, 5.41) is 13.9. The number of hydrogen-bond acceptors (Lipinski definition) is 5. The van der Waals surface area contributed by atoms with Gasteiger partial charge < -0.3 is 20.1 Å². The van der Waals surface area contributed by atoms with Crippen LogP contribution in [0.25, 0.3) is 22.0 Å². The lowest BCUT2D eigenvalue weighted by Gasteiger charge is -2.22. The first-order chi connectivity index (χ1) is 18.0. The third kappa shape index (κ3) is 4.90. The van der Waals surface area contributed by atoms with Crippen molar-refractivity contribution in [3.05, 3.63) is 94.1 Å². The van der Waals surface area contributed by atoms with Crippen LogP contribution < -0.4 is 15.6 Å². The van der Waals surface area contributed by atoms with Crippen LogP contribution in [0.3, 0.4) is 0 Å². The fraction of sp³-hybridized carbons (Fsp3) is 0.233. The van der Waals surface area contributed by atoms with Gasteiger partial charge in [0.15, 0.2) is 0 Å². The minimum Gasteiger partial charge on any atom is -0.456 e. The van der Waals surface area contributed by atoms with Crippen LogP contribution in [0.5, 0.6) is 11.5 Å². The number of aromatic amines is 1. The van der Waals surface area contributed by atoms with E-state index in [0.717, 1.165) is 21.8 Å². The van der Waals surface area contributed by atoms with E-state index in [9.17, 15) is 19.5 Å². The number of nitrogens with one attached hydrogen (secondary N) is 2. The summed E-state index contributed by atoms with van der Waals surface area (Å²) < 4.78 is 7.37. The smallest absolute Gasteiger partial charge is 0.281 e. The molecule has 0 aliphatic carbocycles. The van der Waals surface area contributed by atoms with Crippen molar-refractivity contribution in [2.75, 3.05) is 6.54 Å². The first kappa shape index (κ1) is 26.6. The third-order valence-electron chi connectivity index (χ3n) is 6.39. The van der Waals surface area contributed by atoms with Crippen molar-refractivity contribution in [2.45, 2.75) is 40.2 Å². The highest BCUT2D eigenvalue weighted by molar-refractivity contribution is 6.04. The van der Waals surface area contributed by atoms with Gasteiger partial charge in [-0.05, 0) is 75.6 Å². The number of nitrogens with zero attached hydrogens (tertiary/aromatic N) is 1. The Morgan fingerprint density at radius 1 is 1.13 bits per heavy atom. The van der Waals surface area contributed by atoms with E-state index in [4.69, 9.17) is 4.74 Å². The molecule has 2 aromatic carbocycles. The standard InChI is InChI=1S/C30H31N3O5/c1-7-25(34)33-16-22(21-15-23(28(35)31-8-2)32-26(21)29(33)36)20-14-19(30(5,6)37)12-13-24(20)38-27-17(3)10-9-11-18(27)4/h7,9-16,32,37H,1,8H2,2-6H3,(H,31,35). The molecule has 0 unspecified atom stereocenters. The molecule has 1 amide bonds. The number of carbonyl (C=O) groups excluding carboxylic acids is 2. The van der Waals surface area contributed by atoms with E-state index in [1.54, 1.807) is 45.0 Å². The maximum absolute atomic E-state index is 13.3. The topological polar surface area (TPSA) is 113 Å². The Labute approximate surface area is 220 Å². The van der Waals surface area contributed by atoms with E-state index in [-0.39, 0.29) is 17.1 Å². The predicted octanol–water partition coefficient (Wildman–Crippen LogP) is 5.21. The summed E-state index contributed by atoms with van der Waals surface area (Å²) in [6.45, 7) is 12.9. The zero-order valence-electron chi connectivity index (χ0n) is 22.1. The number of amides is 1. The van der Waals surface area contributed by atoms with E-state index >= 15 is 0 Å². The summed E-state index contributed by atoms with van der Waals surface area (Å²) in [5.41, 5.74) is 1.94. The van der Waals surface area contributed by atoms with Crippen LogP contribution in [-0.4, -0.2) is 33.0 Å². The molecule has 0 aliphatic rings. The number of carbonyl (C=O) groups is 2. The molecule has 0 bridgehead atoms. The molecule has 8 nitrogen and oxygen atoms in total. The van der Waals surface area contributed by atoms with Crippen molar-refractivity contribution in [1.29, 1.82) is 0 Å². The van der Waals surface area contributed by atoms with Gasteiger partial charge in [-0.1, -0.05) is 30.8 Å². The molecule has 0 saturated heterocycles. The van der Waals surface area contributed by atoms with Gasteiger partial charge in [-0.3, -0.25) is 14.4 Å². The van der Waals surface area contributed by atoms with Gasteiger partial charge in [0, 0.05) is 29.3 Å². The number of hydrogen-bond donors (Lipinski definition) is 3. The number of aromatic nitrogens is 2. The predicted molar refractivity (Wildman–Crippen MR) is 148 cm³/mol. The van der Waals surface area contributed by atoms with Crippen LogP contribution in [0.15, 0.2) is 66.1 Å². The highest BCUT2D eigenvalue weighted by atomic mass is 16.5. The minimum absolute atomic E-state index is 0.0886. The van der Waals surface area contributed by atoms with Gasteiger partial charge in [0.05, 0.1) is 5.60 Å². The van der Waals surface area contributed by atoms with E-state index in [2.05, 4.69) is 16.9 Å². The quantitative estimate of drug-likeness (QED) is 0.294. The van der Waals surface area contributed by atoms with Crippen LogP contribution >= 0.6 is 0 Å². The maximum Gasteiger partial charge on any atom is 0.281 e. The molecule has 8 heteroatoms. The summed E-state index contributed by atoms with van der Waals surface area (Å²) >= 11 is 0. The Kier molecular flexibility index (Phi) is 7.11. The van der Waals surface area contributed by atoms with E-state index in [1.165, 1.54) is 6.20 Å². The number of para-hydroxylation sites is 1. The molecule has 0 saturated carbocycles. The molecule has 4 aromatic rings. The molecule has 0 aliphatic heterocycles. The molecule has 0 spiro atoms. The molecular weight excluding hydrogens is 482 g/mol. The monoisotopic (exact) mass is 513 g/mol. The summed E-state index contributed by atoms with van der Waals surface area (Å²) in [6.07, 6.45) is 2.47. The average Bonchev–Trinajstić information content (AvgIpc) is 3.32. The molecule has 2 aromatic heterocycles. The van der Waals surface area contributed by atoms with E-state index in [1.807, 2.05) is 32.0 Å². The number of ether oxygens (including phenoxy) is 1. The first-order valence-electron chi connectivity index (χ1n) is 12.3. The van der Waals surface area contributed by atoms with Gasteiger partial charge in [-0.2, -0.15) is 0 Å². The number of pyridine rings is 1. The van der Waals surface area contributed by atoms with Gasteiger partial charge in [-0.25, -0.2) is 4.57 Å². The SMILES string of the molecule is C=CC(=O)n1cc(-c2cc(C(C)(C)O)ccc2Oc2c(C)cccc2C)c2cc(C(=O)NCC)[nH]c2c1=O. The first-order valence-corrected chi connectivity index (χ1v) is 12.3. The zero-order valence-corrected chi connectivity index (χ0v) is 22.1. The molecule has 0 radical (unpaired) electrons. The average molecular weight is 514 g/mol. The van der Waals surface area contributed by atoms with Crippen molar-refractivity contribution in [3.8, 4) is 22.6 Å². The second-order valence-electron chi connectivity index (χ2n) is 9.68. The molecule has 4 rings (SSSR count). The molecule has 0 atom stereocenters. The molecule has 0 fully saturated rings. The van der Waals surface area contributed by atoms with Crippen molar-refractivity contribution >= 4 is 22.7 Å². The summed E-state index contributed by atoms with van der Waals surface area (Å²) in [4.78, 5) is 41.4. The Hall–Kier alpha value is -4.43. The fourth-order valence-electron chi connectivity index (χ4n) is 4.35. The van der Waals surface area contributed by atoms with Gasteiger partial charge in [0.25, 0.3) is 17.4 Å². The van der Waals surface area contributed by atoms with Crippen LogP contribution in [0.1, 0.15) is 52.7 Å². The maximum atomic E-state index is 13.3. The third-order valence-corrected chi connectivity index (χ3v) is 6.39. The summed E-state index contributed by atoms with van der Waals surface area (Å²) in [5.74, 6) is 0.123. The normalized spacial score (nSPS) is 11.4. The lowest BCUT2D eigenvalue weighted by atomic mass is 9.93. The van der Waals surface area contributed by atoms with Crippen LogP contribution in [0, 0.1) is 13.8 Å². The van der Waals surface area contributed by atoms with Crippen molar-refractivity contribution in [1.82, 2.24) is 14.9 Å². The molecule has 2 heterocycles. The molecule has 196 valence electrons. The lowest BCUT2D eigenvalue weighted by molar-refractivity contribution is 0.0785. The Morgan fingerprint density at radius 3 is 2.42 bits per heavy atom. The van der Waals surface area contributed by atoms with Gasteiger partial charge in [-0.15, -0.1) is 0 Å². The van der Waals surface area contributed by atoms with Crippen molar-refractivity contribution < 1.29 is 19.4 Å². The zero-order chi connectivity index (χ0) is 27.8. The molecule has 38 heavy (non-hydrogen) atoms. The number of rotatable bonds is 7. The number of H-pyrrole nitrogens is 1. The minimum atomic E-state index is -1.18. The Balaban J connectivity index is 2.08. The molecular formula is C30H31N3O5. The van der Waals surface area contributed by atoms with E-state index < -0.39 is 17.1 Å². The van der Waals surface area contributed by atoms with Crippen LogP contribution in [0.2, 0.25) is 0 Å². The molecule has 3 N–H and O–H groups in total. The summed E-state index contributed by atoms with van der Waals surface area (Å²) in [6, 6.07) is 12.7. The largest absolute Gasteiger partial charge is 0.456 e. The summed E-state index contributed by atoms with van der Waals surface area (Å²) in [7, 11) is 0. The van der Waals surface area contributed by atoms with Gasteiger partial charge >= 0.3 is 0 Å². The van der Waals surface area contributed by atoms with Gasteiger partial charge in [0.1, 0.15) is 22.7 Å². The number of fused-ring (bicyclic) bond motifs is 1. The number of allylic oxidation sites excluding steroid dienone is 1. The second kappa shape index (κ2) is 10.1. The highest BCUT2D eigenvalue weighted by Gasteiger charge is 2.24. The number of benzene rings is 2. The number of aryl methyl sites for hydroxylation is 2. The Morgan fingerprint density at radius 2 is 1.82 bits per heavy atom. The second-order valence-corrected chi connectivity index (χ2v) is 9.68. The van der Waals surface area contributed by atoms with Crippen LogP contribution in [0.4, 0.5) is 0 Å². The van der Waals surface area contributed by atoms with Crippen LogP contribution in [-0.2, 0) is 5.60 Å². The van der Waals surface area contributed by atoms with Crippen molar-refractivity contribution in [2.24, 2.45) is 0 Å². The lowest BCUT2D eigenvalue weighted by Crippen LogP contribution is -2.26. The highest BCUT2D eigenvalue weighted by Crippen LogP contribution is 2.40. The fourth-order valence-corrected chi connectivity index (χ4v) is 4.35. The van der Waals surface area contributed by atoms with Crippen molar-refractivity contribution in [3.63, 3.8) is 0 Å². The van der Waals surface area contributed by atoms with Gasteiger partial charge in [0.2, 0.25) is 0 Å².